The van der Waals surface area contributed by atoms with E-state index < -0.39 is 5.24 Å². The van der Waals surface area contributed by atoms with Crippen LogP contribution in [0.2, 0.25) is 0 Å². The Morgan fingerprint density at radius 1 is 1.29 bits per heavy atom. The molecule has 4 heteroatoms. The lowest BCUT2D eigenvalue weighted by Crippen LogP contribution is -2.20. The number of benzene rings is 1. The lowest BCUT2D eigenvalue weighted by molar-refractivity contribution is -0.107. The van der Waals surface area contributed by atoms with Crippen LogP contribution in [-0.4, -0.2) is 17.0 Å². The number of hydrogen-bond acceptors (Lipinski definition) is 3. The summed E-state index contributed by atoms with van der Waals surface area (Å²) in [6.07, 6.45) is 0.613. The van der Waals surface area contributed by atoms with Gasteiger partial charge in [0.25, 0.3) is 5.24 Å². The molecule has 0 radical (unpaired) electrons. The Kier molecular flexibility index (Phi) is 4.00. The summed E-state index contributed by atoms with van der Waals surface area (Å²) >= 11 is 4.62. The van der Waals surface area contributed by atoms with Crippen molar-refractivity contribution >= 4 is 28.6 Å². The molecule has 2 aliphatic rings. The number of halogens is 1. The van der Waals surface area contributed by atoms with Crippen molar-refractivity contribution in [3.8, 4) is 0 Å². The van der Waals surface area contributed by atoms with Crippen molar-refractivity contribution in [3.05, 3.63) is 40.0 Å². The monoisotopic (exact) mass is 250 g/mol. The van der Waals surface area contributed by atoms with E-state index in [9.17, 15) is 9.59 Å². The van der Waals surface area contributed by atoms with Gasteiger partial charge < -0.3 is 0 Å². The molecule has 0 N–H and O–H groups in total. The molecule has 1 aromatic rings. The maximum atomic E-state index is 11.2. The Hall–Kier alpha value is -1.70. The largest absolute Gasteiger partial charge is 0.289 e. The number of carbonyl (C=O) groups excluding carboxylic acids is 3. The molecule has 17 heavy (non-hydrogen) atoms. The Labute approximate surface area is 104 Å². The first-order chi connectivity index (χ1) is 7.90. The van der Waals surface area contributed by atoms with Crippen molar-refractivity contribution in [2.24, 2.45) is 0 Å². The molecule has 0 spiro atoms. The fourth-order valence-corrected chi connectivity index (χ4v) is 1.79. The van der Waals surface area contributed by atoms with E-state index in [-0.39, 0.29) is 5.78 Å². The third-order valence-corrected chi connectivity index (χ3v) is 2.86. The predicted molar refractivity (Wildman–Crippen MR) is 65.2 cm³/mol. The SMILES string of the molecule is Cc1cc2c(C)c(c1C)C2=O.O=C=CC(=O)Cl. The molecule has 0 heterocycles. The van der Waals surface area contributed by atoms with Crippen LogP contribution < -0.4 is 0 Å². The van der Waals surface area contributed by atoms with Crippen LogP contribution in [0.15, 0.2) is 12.1 Å². The Balaban J connectivity index is 0.000000209. The smallest absolute Gasteiger partial charge is 0.256 e. The molecule has 0 atom stereocenters. The van der Waals surface area contributed by atoms with Gasteiger partial charge in [-0.05, 0) is 55.1 Å². The first-order valence-corrected chi connectivity index (χ1v) is 5.33. The van der Waals surface area contributed by atoms with Gasteiger partial charge in [0.15, 0.2) is 5.78 Å². The van der Waals surface area contributed by atoms with E-state index in [2.05, 4.69) is 11.6 Å². The lowest BCUT2D eigenvalue weighted by atomic mass is 9.79. The molecule has 3 nitrogen and oxygen atoms in total. The van der Waals surface area contributed by atoms with Gasteiger partial charge in [0.2, 0.25) is 0 Å². The van der Waals surface area contributed by atoms with Gasteiger partial charge in [0.1, 0.15) is 5.94 Å². The van der Waals surface area contributed by atoms with Gasteiger partial charge in [-0.25, -0.2) is 4.79 Å². The summed E-state index contributed by atoms with van der Waals surface area (Å²) in [7, 11) is 0. The van der Waals surface area contributed by atoms with Crippen molar-refractivity contribution in [1.82, 2.24) is 0 Å². The van der Waals surface area contributed by atoms with E-state index in [0.29, 0.717) is 6.08 Å². The minimum absolute atomic E-state index is 0.241. The molecule has 0 aliphatic heterocycles. The molecule has 3 rings (SSSR count). The van der Waals surface area contributed by atoms with E-state index in [0.717, 1.165) is 16.7 Å². The highest BCUT2D eigenvalue weighted by atomic mass is 35.5. The highest BCUT2D eigenvalue weighted by Crippen LogP contribution is 2.33. The number of ketones is 1. The molecule has 0 saturated heterocycles. The number of allylic oxidation sites excluding steroid dienone is 1. The summed E-state index contributed by atoms with van der Waals surface area (Å²) in [5, 5.41) is -0.787. The molecule has 2 aliphatic carbocycles. The topological polar surface area (TPSA) is 51.2 Å². The highest BCUT2D eigenvalue weighted by Gasteiger charge is 2.29. The third kappa shape index (κ3) is 2.52. The number of carbonyl (C=O) groups is 2. The van der Waals surface area contributed by atoms with Crippen LogP contribution in [0.5, 0.6) is 0 Å². The molecule has 0 saturated carbocycles. The maximum absolute atomic E-state index is 11.2. The average Bonchev–Trinajstić information content (AvgIpc) is 2.24. The summed E-state index contributed by atoms with van der Waals surface area (Å²) in [6, 6.07) is 1.99. The van der Waals surface area contributed by atoms with Crippen molar-refractivity contribution in [2.45, 2.75) is 20.8 Å². The second kappa shape index (κ2) is 5.09. The molecule has 1 aromatic carbocycles. The molecular formula is C13H11ClO3. The highest BCUT2D eigenvalue weighted by molar-refractivity contribution is 6.67. The van der Waals surface area contributed by atoms with Crippen molar-refractivity contribution in [3.63, 3.8) is 0 Å². The van der Waals surface area contributed by atoms with Crippen molar-refractivity contribution in [2.75, 3.05) is 0 Å². The van der Waals surface area contributed by atoms with Crippen LogP contribution in [0.1, 0.15) is 32.6 Å². The van der Waals surface area contributed by atoms with Crippen molar-refractivity contribution in [1.29, 1.82) is 0 Å². The lowest BCUT2D eigenvalue weighted by Gasteiger charge is -2.23. The van der Waals surface area contributed by atoms with E-state index in [1.807, 2.05) is 26.8 Å². The number of aryl methyl sites for hydroxylation is 2. The molecule has 88 valence electrons. The first-order valence-electron chi connectivity index (χ1n) is 4.96. The van der Waals surface area contributed by atoms with E-state index in [4.69, 9.17) is 4.79 Å². The quantitative estimate of drug-likeness (QED) is 0.443. The molecular weight excluding hydrogens is 240 g/mol. The molecule has 0 amide bonds. The maximum Gasteiger partial charge on any atom is 0.256 e. The molecule has 2 bridgehead atoms. The summed E-state index contributed by atoms with van der Waals surface area (Å²) < 4.78 is 0. The summed E-state index contributed by atoms with van der Waals surface area (Å²) in [5.74, 6) is 1.45. The Morgan fingerprint density at radius 2 is 1.88 bits per heavy atom. The van der Waals surface area contributed by atoms with Crippen molar-refractivity contribution < 1.29 is 14.4 Å². The van der Waals surface area contributed by atoms with Crippen LogP contribution in [0.4, 0.5) is 0 Å². The van der Waals surface area contributed by atoms with E-state index >= 15 is 0 Å². The van der Waals surface area contributed by atoms with Gasteiger partial charge in [0.05, 0.1) is 6.08 Å². The molecule has 0 unspecified atom stereocenters. The standard InChI is InChI=1S/C10H10O.C3HClO2/c1-5-4-8-7(3)9(6(5)2)10(8)11;4-3(6)1-2-5/h4H,1-3H3;1H. The Morgan fingerprint density at radius 3 is 2.12 bits per heavy atom. The zero-order valence-electron chi connectivity index (χ0n) is 9.76. The number of hydrogen-bond donors (Lipinski definition) is 0. The predicted octanol–water partition coefficient (Wildman–Crippen LogP) is 2.30. The zero-order valence-corrected chi connectivity index (χ0v) is 10.5. The average molecular weight is 251 g/mol. The minimum atomic E-state index is -0.787. The van der Waals surface area contributed by atoms with Gasteiger partial charge in [-0.2, -0.15) is 0 Å². The minimum Gasteiger partial charge on any atom is -0.289 e. The fourth-order valence-electron chi connectivity index (χ4n) is 1.74. The van der Waals surface area contributed by atoms with Crippen LogP contribution in [0.25, 0.3) is 0 Å². The Bertz CT molecular complexity index is 552. The van der Waals surface area contributed by atoms with Gasteiger partial charge in [-0.15, -0.1) is 0 Å². The molecule has 0 aromatic heterocycles. The second-order valence-electron chi connectivity index (χ2n) is 3.76. The number of rotatable bonds is 1. The summed E-state index contributed by atoms with van der Waals surface area (Å²) in [6.45, 7) is 6.07. The second-order valence-corrected chi connectivity index (χ2v) is 4.13. The van der Waals surface area contributed by atoms with Gasteiger partial charge in [0, 0.05) is 11.1 Å². The number of fused-ring (bicyclic) bond motifs is 2. The summed E-state index contributed by atoms with van der Waals surface area (Å²) in [5.41, 5.74) is 5.45. The van der Waals surface area contributed by atoms with Gasteiger partial charge >= 0.3 is 0 Å². The van der Waals surface area contributed by atoms with E-state index in [1.54, 1.807) is 0 Å². The van der Waals surface area contributed by atoms with Crippen LogP contribution in [0, 0.1) is 20.8 Å². The first kappa shape index (κ1) is 13.4. The van der Waals surface area contributed by atoms with Crippen LogP contribution in [0.3, 0.4) is 0 Å². The zero-order chi connectivity index (χ0) is 13.2. The van der Waals surface area contributed by atoms with E-state index in [1.165, 1.54) is 17.1 Å². The van der Waals surface area contributed by atoms with Crippen LogP contribution in [-0.2, 0) is 9.59 Å². The third-order valence-electron chi connectivity index (χ3n) is 2.75. The summed E-state index contributed by atoms with van der Waals surface area (Å²) in [4.78, 5) is 29.9. The van der Waals surface area contributed by atoms with Crippen LogP contribution >= 0.6 is 11.6 Å². The fraction of sp³-hybridized carbons (Fsp3) is 0.231. The van der Waals surface area contributed by atoms with Gasteiger partial charge in [-0.1, -0.05) is 0 Å². The normalized spacial score (nSPS) is 10.7. The van der Waals surface area contributed by atoms with Gasteiger partial charge in [-0.3, -0.25) is 9.59 Å². The molecule has 0 fully saturated rings.